The first kappa shape index (κ1) is 13.8. The zero-order chi connectivity index (χ0) is 15.6. The van der Waals surface area contributed by atoms with Crippen LogP contribution in [0.5, 0.6) is 0 Å². The van der Waals surface area contributed by atoms with Crippen molar-refractivity contribution in [2.45, 2.75) is 19.3 Å². The molecule has 3 fully saturated rings. The van der Waals surface area contributed by atoms with Crippen molar-refractivity contribution in [1.82, 2.24) is 0 Å². The van der Waals surface area contributed by atoms with Gasteiger partial charge in [0, 0.05) is 0 Å². The van der Waals surface area contributed by atoms with E-state index >= 15 is 0 Å². The van der Waals surface area contributed by atoms with Crippen molar-refractivity contribution in [3.63, 3.8) is 0 Å². The second-order valence-corrected chi connectivity index (χ2v) is 6.77. The maximum Gasteiger partial charge on any atom is 0.337 e. The molecule has 0 spiro atoms. The first-order valence-electron chi connectivity index (χ1n) is 7.39. The highest BCUT2D eigenvalue weighted by molar-refractivity contribution is 6.34. The minimum absolute atomic E-state index is 0.0932. The summed E-state index contributed by atoms with van der Waals surface area (Å²) < 4.78 is 0. The van der Waals surface area contributed by atoms with Gasteiger partial charge in [0.25, 0.3) is 0 Å². The zero-order valence-electron chi connectivity index (χ0n) is 11.7. The van der Waals surface area contributed by atoms with Gasteiger partial charge in [-0.15, -0.1) is 0 Å². The van der Waals surface area contributed by atoms with Crippen LogP contribution in [0.1, 0.15) is 29.6 Å². The number of carbonyl (C=O) groups excluding carboxylic acids is 2. The number of aromatic carboxylic acids is 1. The molecular weight excluding hydrogens is 306 g/mol. The van der Waals surface area contributed by atoms with Crippen molar-refractivity contribution in [2.24, 2.45) is 23.7 Å². The van der Waals surface area contributed by atoms with E-state index in [1.165, 1.54) is 23.1 Å². The normalized spacial score (nSPS) is 32.7. The van der Waals surface area contributed by atoms with E-state index in [-0.39, 0.29) is 34.2 Å². The summed E-state index contributed by atoms with van der Waals surface area (Å²) in [6.45, 7) is 0. The van der Waals surface area contributed by atoms with E-state index in [0.29, 0.717) is 17.5 Å². The minimum atomic E-state index is -1.17. The molecule has 1 heterocycles. The average molecular weight is 320 g/mol. The lowest BCUT2D eigenvalue weighted by Crippen LogP contribution is -2.32. The molecule has 6 heteroatoms. The summed E-state index contributed by atoms with van der Waals surface area (Å²) >= 11 is 5.85. The third-order valence-corrected chi connectivity index (χ3v) is 5.70. The van der Waals surface area contributed by atoms with E-state index in [1.807, 2.05) is 0 Å². The number of fused-ring (bicyclic) bond motifs is 5. The molecule has 4 atom stereocenters. The fourth-order valence-electron chi connectivity index (χ4n) is 4.48. The van der Waals surface area contributed by atoms with E-state index in [4.69, 9.17) is 16.7 Å². The van der Waals surface area contributed by atoms with Crippen LogP contribution in [0, 0.1) is 23.7 Å². The topological polar surface area (TPSA) is 74.7 Å². The van der Waals surface area contributed by atoms with Gasteiger partial charge in [-0.05, 0) is 49.3 Å². The fourth-order valence-corrected chi connectivity index (χ4v) is 4.68. The third-order valence-electron chi connectivity index (χ3n) is 5.37. The van der Waals surface area contributed by atoms with E-state index in [0.717, 1.165) is 19.3 Å². The standard InChI is InChI=1S/C16H14ClNO4/c17-11-4-3-9(6-10(11)16(21)22)18-14(19)12-7-1-2-8(5-7)13(12)15(18)20/h3-4,6-8,12-13H,1-2,5H2,(H,21,22). The Balaban J connectivity index is 1.75. The number of carboxylic acids is 1. The number of hydrogen-bond donors (Lipinski definition) is 1. The molecule has 2 bridgehead atoms. The molecule has 4 unspecified atom stereocenters. The van der Waals surface area contributed by atoms with Crippen LogP contribution in [0.4, 0.5) is 5.69 Å². The van der Waals surface area contributed by atoms with Gasteiger partial charge in [0.1, 0.15) is 0 Å². The van der Waals surface area contributed by atoms with Crippen LogP contribution in [-0.2, 0) is 9.59 Å². The molecule has 1 aromatic carbocycles. The van der Waals surface area contributed by atoms with Gasteiger partial charge in [0.15, 0.2) is 0 Å². The highest BCUT2D eigenvalue weighted by atomic mass is 35.5. The number of carboxylic acid groups (broad SMARTS) is 1. The van der Waals surface area contributed by atoms with Crippen LogP contribution in [0.15, 0.2) is 18.2 Å². The zero-order valence-corrected chi connectivity index (χ0v) is 12.4. The largest absolute Gasteiger partial charge is 0.478 e. The van der Waals surface area contributed by atoms with Crippen molar-refractivity contribution in [2.75, 3.05) is 4.90 Å². The molecule has 4 rings (SSSR count). The number of hydrogen-bond acceptors (Lipinski definition) is 3. The van der Waals surface area contributed by atoms with Crippen LogP contribution in [0.3, 0.4) is 0 Å². The first-order valence-corrected chi connectivity index (χ1v) is 7.77. The summed E-state index contributed by atoms with van der Waals surface area (Å²) in [5.74, 6) is -1.34. The van der Waals surface area contributed by atoms with Gasteiger partial charge in [-0.3, -0.25) is 14.5 Å². The Morgan fingerprint density at radius 1 is 1.14 bits per heavy atom. The van der Waals surface area contributed by atoms with E-state index < -0.39 is 5.97 Å². The maximum absolute atomic E-state index is 12.7. The molecule has 1 saturated heterocycles. The number of imide groups is 1. The molecule has 114 valence electrons. The Hall–Kier alpha value is -1.88. The Morgan fingerprint density at radius 2 is 1.73 bits per heavy atom. The van der Waals surface area contributed by atoms with Crippen LogP contribution < -0.4 is 4.90 Å². The molecule has 2 amide bonds. The monoisotopic (exact) mass is 319 g/mol. The lowest BCUT2D eigenvalue weighted by molar-refractivity contribution is -0.123. The Morgan fingerprint density at radius 3 is 2.27 bits per heavy atom. The molecular formula is C16H14ClNO4. The quantitative estimate of drug-likeness (QED) is 0.850. The van der Waals surface area contributed by atoms with Crippen molar-refractivity contribution in [3.8, 4) is 0 Å². The second kappa shape index (κ2) is 4.56. The van der Waals surface area contributed by atoms with Crippen LogP contribution in [-0.4, -0.2) is 22.9 Å². The van der Waals surface area contributed by atoms with Crippen molar-refractivity contribution in [3.05, 3.63) is 28.8 Å². The lowest BCUT2D eigenvalue weighted by Gasteiger charge is -2.19. The molecule has 3 aliphatic rings. The molecule has 1 aliphatic heterocycles. The predicted octanol–water partition coefficient (Wildman–Crippen LogP) is 2.57. The fraction of sp³-hybridized carbons (Fsp3) is 0.438. The molecule has 5 nitrogen and oxygen atoms in total. The SMILES string of the molecule is O=C(O)c1cc(N2C(=O)C3C4CCC(C4)C3C2=O)ccc1Cl. The van der Waals surface area contributed by atoms with Gasteiger partial charge < -0.3 is 5.11 Å². The van der Waals surface area contributed by atoms with Gasteiger partial charge in [0.2, 0.25) is 11.8 Å². The smallest absolute Gasteiger partial charge is 0.337 e. The summed E-state index contributed by atoms with van der Waals surface area (Å²) in [4.78, 5) is 37.7. The minimum Gasteiger partial charge on any atom is -0.478 e. The third kappa shape index (κ3) is 1.69. The van der Waals surface area contributed by atoms with Crippen molar-refractivity contribution < 1.29 is 19.5 Å². The second-order valence-electron chi connectivity index (χ2n) is 6.37. The lowest BCUT2D eigenvalue weighted by atomic mass is 9.81. The first-order chi connectivity index (χ1) is 10.5. The molecule has 2 saturated carbocycles. The number of halogens is 1. The molecule has 0 radical (unpaired) electrons. The summed E-state index contributed by atoms with van der Waals surface area (Å²) in [5, 5.41) is 9.24. The molecule has 22 heavy (non-hydrogen) atoms. The van der Waals surface area contributed by atoms with E-state index in [9.17, 15) is 14.4 Å². The van der Waals surface area contributed by atoms with Gasteiger partial charge in [-0.25, -0.2) is 4.79 Å². The van der Waals surface area contributed by atoms with Crippen molar-refractivity contribution >= 4 is 35.1 Å². The summed E-state index contributed by atoms with van der Waals surface area (Å²) in [6.07, 6.45) is 3.00. The highest BCUT2D eigenvalue weighted by Gasteiger charge is 2.61. The number of anilines is 1. The van der Waals surface area contributed by atoms with Crippen molar-refractivity contribution in [1.29, 1.82) is 0 Å². The van der Waals surface area contributed by atoms with E-state index in [1.54, 1.807) is 0 Å². The van der Waals surface area contributed by atoms with Gasteiger partial charge in [-0.1, -0.05) is 11.6 Å². The summed E-state index contributed by atoms with van der Waals surface area (Å²) in [5.41, 5.74) is 0.213. The Labute approximate surface area is 131 Å². The van der Waals surface area contributed by atoms with Gasteiger partial charge >= 0.3 is 5.97 Å². The van der Waals surface area contributed by atoms with E-state index in [2.05, 4.69) is 0 Å². The number of nitrogens with zero attached hydrogens (tertiary/aromatic N) is 1. The maximum atomic E-state index is 12.7. The van der Waals surface area contributed by atoms with Crippen LogP contribution in [0.25, 0.3) is 0 Å². The summed E-state index contributed by atoms with van der Waals surface area (Å²) in [7, 11) is 0. The average Bonchev–Trinajstić information content (AvgIpc) is 3.14. The van der Waals surface area contributed by atoms with Gasteiger partial charge in [0.05, 0.1) is 28.1 Å². The number of rotatable bonds is 2. The molecule has 2 aliphatic carbocycles. The number of carbonyl (C=O) groups is 3. The number of benzene rings is 1. The van der Waals surface area contributed by atoms with Gasteiger partial charge in [-0.2, -0.15) is 0 Å². The Bertz CT molecular complexity index is 688. The number of amides is 2. The highest BCUT2D eigenvalue weighted by Crippen LogP contribution is 2.56. The molecule has 0 aromatic heterocycles. The Kier molecular flexibility index (Phi) is 2.85. The molecule has 1 aromatic rings. The van der Waals surface area contributed by atoms with Crippen LogP contribution in [0.2, 0.25) is 5.02 Å². The van der Waals surface area contributed by atoms with Crippen LogP contribution >= 0.6 is 11.6 Å². The predicted molar refractivity (Wildman–Crippen MR) is 78.7 cm³/mol. The summed E-state index contributed by atoms with van der Waals surface area (Å²) in [6, 6.07) is 4.26. The molecule has 1 N–H and O–H groups in total.